The lowest BCUT2D eigenvalue weighted by Crippen LogP contribution is -2.36. The summed E-state index contributed by atoms with van der Waals surface area (Å²) in [5.41, 5.74) is -0.368. The first kappa shape index (κ1) is 16.0. The Bertz CT molecular complexity index is 497. The maximum atomic E-state index is 13.1. The summed E-state index contributed by atoms with van der Waals surface area (Å²) in [5, 5.41) is 0. The molecule has 0 heterocycles. The number of hydrogen-bond acceptors (Lipinski definition) is 3. The molecule has 0 aliphatic rings. The minimum Gasteiger partial charge on any atom is -0.465 e. The predicted octanol–water partition coefficient (Wildman–Crippen LogP) is 2.13. The number of esters is 1. The SMILES string of the molecule is CCOC(=O)CN(CC)C(=O)c1cc(F)c(F)c(F)c1. The van der Waals surface area contributed by atoms with E-state index >= 15 is 0 Å². The van der Waals surface area contributed by atoms with Crippen LogP contribution < -0.4 is 0 Å². The number of ether oxygens (including phenoxy) is 1. The molecule has 0 unspecified atom stereocenters. The van der Waals surface area contributed by atoms with E-state index in [4.69, 9.17) is 0 Å². The molecule has 1 rings (SSSR count). The van der Waals surface area contributed by atoms with Crippen LogP contribution in [0.15, 0.2) is 12.1 Å². The van der Waals surface area contributed by atoms with E-state index in [1.165, 1.54) is 0 Å². The van der Waals surface area contributed by atoms with Crippen molar-refractivity contribution >= 4 is 11.9 Å². The Morgan fingerprint density at radius 2 is 1.70 bits per heavy atom. The van der Waals surface area contributed by atoms with E-state index in [0.717, 1.165) is 4.90 Å². The summed E-state index contributed by atoms with van der Waals surface area (Å²) in [6.45, 7) is 3.15. The quantitative estimate of drug-likeness (QED) is 0.616. The third-order valence-electron chi connectivity index (χ3n) is 2.52. The zero-order valence-electron chi connectivity index (χ0n) is 11.1. The van der Waals surface area contributed by atoms with E-state index in [1.54, 1.807) is 13.8 Å². The van der Waals surface area contributed by atoms with Gasteiger partial charge in [0.2, 0.25) is 0 Å². The summed E-state index contributed by atoms with van der Waals surface area (Å²) in [6.07, 6.45) is 0. The fraction of sp³-hybridized carbons (Fsp3) is 0.385. The summed E-state index contributed by atoms with van der Waals surface area (Å²) in [5.74, 6) is -5.97. The first-order valence-corrected chi connectivity index (χ1v) is 6.00. The van der Waals surface area contributed by atoms with Crippen molar-refractivity contribution in [2.75, 3.05) is 19.7 Å². The molecule has 0 radical (unpaired) electrons. The molecular formula is C13H14F3NO3. The number of rotatable bonds is 5. The highest BCUT2D eigenvalue weighted by atomic mass is 19.2. The van der Waals surface area contributed by atoms with Crippen LogP contribution in [0, 0.1) is 17.5 Å². The minimum atomic E-state index is -1.64. The van der Waals surface area contributed by atoms with Crippen LogP contribution in [0.2, 0.25) is 0 Å². The summed E-state index contributed by atoms with van der Waals surface area (Å²) < 4.78 is 43.7. The molecule has 0 N–H and O–H groups in total. The van der Waals surface area contributed by atoms with E-state index in [1.807, 2.05) is 0 Å². The van der Waals surface area contributed by atoms with Crippen molar-refractivity contribution in [3.8, 4) is 0 Å². The molecule has 0 fully saturated rings. The van der Waals surface area contributed by atoms with E-state index in [-0.39, 0.29) is 25.3 Å². The molecule has 0 aromatic heterocycles. The summed E-state index contributed by atoms with van der Waals surface area (Å²) in [7, 11) is 0. The number of hydrogen-bond donors (Lipinski definition) is 0. The van der Waals surface area contributed by atoms with Gasteiger partial charge in [-0.15, -0.1) is 0 Å². The lowest BCUT2D eigenvalue weighted by molar-refractivity contribution is -0.143. The number of likely N-dealkylation sites (N-methyl/N-ethyl adjacent to an activating group) is 1. The highest BCUT2D eigenvalue weighted by molar-refractivity contribution is 5.96. The van der Waals surface area contributed by atoms with Crippen LogP contribution in [0.1, 0.15) is 24.2 Å². The van der Waals surface area contributed by atoms with Crippen molar-refractivity contribution in [1.29, 1.82) is 0 Å². The highest BCUT2D eigenvalue weighted by Crippen LogP contribution is 2.15. The fourth-order valence-electron chi connectivity index (χ4n) is 1.55. The average Bonchev–Trinajstić information content (AvgIpc) is 2.41. The highest BCUT2D eigenvalue weighted by Gasteiger charge is 2.21. The van der Waals surface area contributed by atoms with Gasteiger partial charge in [0.15, 0.2) is 17.5 Å². The van der Waals surface area contributed by atoms with Crippen LogP contribution in [0.4, 0.5) is 13.2 Å². The van der Waals surface area contributed by atoms with Crippen LogP contribution in [0.3, 0.4) is 0 Å². The lowest BCUT2D eigenvalue weighted by atomic mass is 10.1. The van der Waals surface area contributed by atoms with E-state index in [0.29, 0.717) is 12.1 Å². The van der Waals surface area contributed by atoms with E-state index < -0.39 is 29.3 Å². The van der Waals surface area contributed by atoms with Crippen molar-refractivity contribution in [2.45, 2.75) is 13.8 Å². The van der Waals surface area contributed by atoms with Crippen LogP contribution in [0.25, 0.3) is 0 Å². The molecule has 0 aliphatic carbocycles. The van der Waals surface area contributed by atoms with Gasteiger partial charge in [0.05, 0.1) is 6.61 Å². The molecule has 0 aliphatic heterocycles. The van der Waals surface area contributed by atoms with Crippen molar-refractivity contribution in [1.82, 2.24) is 4.90 Å². The molecule has 1 amide bonds. The van der Waals surface area contributed by atoms with Gasteiger partial charge in [-0.05, 0) is 26.0 Å². The molecule has 1 aromatic carbocycles. The van der Waals surface area contributed by atoms with Crippen LogP contribution in [-0.4, -0.2) is 36.5 Å². The average molecular weight is 289 g/mol. The Hall–Kier alpha value is -2.05. The number of carbonyl (C=O) groups is 2. The smallest absolute Gasteiger partial charge is 0.325 e. The zero-order valence-corrected chi connectivity index (χ0v) is 11.1. The monoisotopic (exact) mass is 289 g/mol. The standard InChI is InChI=1S/C13H14F3NO3/c1-3-17(7-11(18)20-4-2)13(19)8-5-9(14)12(16)10(15)6-8/h5-6H,3-4,7H2,1-2H3. The Morgan fingerprint density at radius 1 is 1.15 bits per heavy atom. The number of carbonyl (C=O) groups excluding carboxylic acids is 2. The zero-order chi connectivity index (χ0) is 15.3. The second-order valence-corrected chi connectivity index (χ2v) is 3.88. The molecule has 0 bridgehead atoms. The number of halogens is 3. The molecule has 0 atom stereocenters. The van der Waals surface area contributed by atoms with Crippen LogP contribution in [-0.2, 0) is 9.53 Å². The van der Waals surface area contributed by atoms with Gasteiger partial charge in [-0.1, -0.05) is 0 Å². The normalized spacial score (nSPS) is 10.2. The molecule has 0 saturated carbocycles. The van der Waals surface area contributed by atoms with Gasteiger partial charge in [-0.2, -0.15) is 0 Å². The number of nitrogens with zero attached hydrogens (tertiary/aromatic N) is 1. The summed E-state index contributed by atoms with van der Waals surface area (Å²) in [6, 6.07) is 1.18. The third kappa shape index (κ3) is 3.72. The van der Waals surface area contributed by atoms with Gasteiger partial charge < -0.3 is 9.64 Å². The molecule has 110 valence electrons. The summed E-state index contributed by atoms with van der Waals surface area (Å²) in [4.78, 5) is 24.4. The van der Waals surface area contributed by atoms with E-state index in [2.05, 4.69) is 4.74 Å². The largest absolute Gasteiger partial charge is 0.465 e. The van der Waals surface area contributed by atoms with E-state index in [9.17, 15) is 22.8 Å². The molecule has 4 nitrogen and oxygen atoms in total. The Kier molecular flexibility index (Phi) is 5.54. The van der Waals surface area contributed by atoms with Gasteiger partial charge in [-0.25, -0.2) is 13.2 Å². The fourth-order valence-corrected chi connectivity index (χ4v) is 1.55. The van der Waals surface area contributed by atoms with Crippen molar-refractivity contribution in [3.05, 3.63) is 35.1 Å². The topological polar surface area (TPSA) is 46.6 Å². The lowest BCUT2D eigenvalue weighted by Gasteiger charge is -2.19. The van der Waals surface area contributed by atoms with Crippen molar-refractivity contribution in [3.63, 3.8) is 0 Å². The molecule has 1 aromatic rings. The van der Waals surface area contributed by atoms with Gasteiger partial charge in [0, 0.05) is 12.1 Å². The maximum absolute atomic E-state index is 13.1. The molecule has 0 spiro atoms. The molecule has 0 saturated heterocycles. The van der Waals surface area contributed by atoms with Gasteiger partial charge in [-0.3, -0.25) is 9.59 Å². The van der Waals surface area contributed by atoms with Crippen molar-refractivity contribution < 1.29 is 27.5 Å². The van der Waals surface area contributed by atoms with Crippen LogP contribution in [0.5, 0.6) is 0 Å². The number of benzene rings is 1. The van der Waals surface area contributed by atoms with Gasteiger partial charge in [0.25, 0.3) is 5.91 Å². The number of amides is 1. The first-order valence-electron chi connectivity index (χ1n) is 6.00. The van der Waals surface area contributed by atoms with Crippen molar-refractivity contribution in [2.24, 2.45) is 0 Å². The third-order valence-corrected chi connectivity index (χ3v) is 2.52. The Morgan fingerprint density at radius 3 is 2.15 bits per heavy atom. The Balaban J connectivity index is 2.94. The first-order chi connectivity index (χ1) is 9.40. The Labute approximate surface area is 114 Å². The van der Waals surface area contributed by atoms with Gasteiger partial charge in [0.1, 0.15) is 6.54 Å². The second-order valence-electron chi connectivity index (χ2n) is 3.88. The summed E-state index contributed by atoms with van der Waals surface area (Å²) >= 11 is 0. The predicted molar refractivity (Wildman–Crippen MR) is 64.5 cm³/mol. The van der Waals surface area contributed by atoms with Crippen LogP contribution >= 0.6 is 0 Å². The van der Waals surface area contributed by atoms with Gasteiger partial charge >= 0.3 is 5.97 Å². The molecule has 20 heavy (non-hydrogen) atoms. The molecular weight excluding hydrogens is 275 g/mol. The maximum Gasteiger partial charge on any atom is 0.325 e. The molecule has 7 heteroatoms. The second kappa shape index (κ2) is 6.93. The minimum absolute atomic E-state index is 0.137.